The van der Waals surface area contributed by atoms with Gasteiger partial charge in [0.25, 0.3) is 0 Å². The third-order valence-electron chi connectivity index (χ3n) is 0.497. The number of rotatable bonds is 6. The Hall–Kier alpha value is -0.0100. The van der Waals surface area contributed by atoms with Gasteiger partial charge in [0.2, 0.25) is 0 Å². The first-order chi connectivity index (χ1) is 5.18. The second kappa shape index (κ2) is 5.62. The van der Waals surface area contributed by atoms with Crippen molar-refractivity contribution in [3.05, 3.63) is 0 Å². The van der Waals surface area contributed by atoms with Gasteiger partial charge in [-0.05, 0) is 0 Å². The standard InChI is InChI=1S/C3H9O7P/c1-5-8-11(4,9-6-2)10-7-3/h1-3H3. The maximum Gasteiger partial charge on any atom is 0.556 e. The van der Waals surface area contributed by atoms with Crippen LogP contribution in [0.4, 0.5) is 0 Å². The van der Waals surface area contributed by atoms with Crippen LogP contribution < -0.4 is 0 Å². The van der Waals surface area contributed by atoms with Crippen LogP contribution in [0.3, 0.4) is 0 Å². The third kappa shape index (κ3) is 4.44. The fraction of sp³-hybridized carbons (Fsp3) is 1.00. The molecule has 0 saturated carbocycles. The zero-order valence-corrected chi connectivity index (χ0v) is 7.20. The highest BCUT2D eigenvalue weighted by atomic mass is 31.2. The summed E-state index contributed by atoms with van der Waals surface area (Å²) in [5.74, 6) is 0. The Morgan fingerprint density at radius 2 is 1.09 bits per heavy atom. The molecule has 8 heteroatoms. The van der Waals surface area contributed by atoms with Crippen LogP contribution in [0, 0.1) is 0 Å². The van der Waals surface area contributed by atoms with Gasteiger partial charge in [-0.2, -0.15) is 0 Å². The van der Waals surface area contributed by atoms with Crippen LogP contribution >= 0.6 is 7.82 Å². The molecule has 0 heterocycles. The summed E-state index contributed by atoms with van der Waals surface area (Å²) < 4.78 is 23.2. The summed E-state index contributed by atoms with van der Waals surface area (Å²) in [6, 6.07) is 0. The van der Waals surface area contributed by atoms with Gasteiger partial charge in [0.1, 0.15) is 0 Å². The van der Waals surface area contributed by atoms with Crippen molar-refractivity contribution >= 4 is 7.82 Å². The molecule has 0 aliphatic carbocycles. The lowest BCUT2D eigenvalue weighted by Gasteiger charge is -2.09. The van der Waals surface area contributed by atoms with E-state index in [2.05, 4.69) is 28.7 Å². The summed E-state index contributed by atoms with van der Waals surface area (Å²) in [5.41, 5.74) is 0. The Balaban J connectivity index is 3.91. The Labute approximate surface area is 63.5 Å². The Kier molecular flexibility index (Phi) is 5.61. The highest BCUT2D eigenvalue weighted by molar-refractivity contribution is 7.48. The van der Waals surface area contributed by atoms with Crippen LogP contribution in [0.25, 0.3) is 0 Å². The first-order valence-electron chi connectivity index (χ1n) is 2.46. The van der Waals surface area contributed by atoms with Crippen molar-refractivity contribution in [1.29, 1.82) is 0 Å². The van der Waals surface area contributed by atoms with Crippen molar-refractivity contribution in [3.63, 3.8) is 0 Å². The topological polar surface area (TPSA) is 72.5 Å². The lowest BCUT2D eigenvalue weighted by Crippen LogP contribution is -1.98. The van der Waals surface area contributed by atoms with E-state index in [0.29, 0.717) is 0 Å². The van der Waals surface area contributed by atoms with Crippen molar-refractivity contribution < 1.29 is 33.3 Å². The van der Waals surface area contributed by atoms with Crippen LogP contribution in [-0.4, -0.2) is 21.3 Å². The Bertz CT molecular complexity index is 112. The fourth-order valence-corrected chi connectivity index (χ4v) is 0.933. The molecule has 11 heavy (non-hydrogen) atoms. The third-order valence-corrected chi connectivity index (χ3v) is 1.49. The first-order valence-corrected chi connectivity index (χ1v) is 3.92. The normalized spacial score (nSPS) is 11.9. The molecule has 0 aliphatic rings. The minimum Gasteiger partial charge on any atom is -0.230 e. The van der Waals surface area contributed by atoms with Gasteiger partial charge in [0.05, 0.1) is 21.3 Å². The largest absolute Gasteiger partial charge is 0.556 e. The van der Waals surface area contributed by atoms with Crippen LogP contribution in [0.15, 0.2) is 0 Å². The molecule has 7 nitrogen and oxygen atoms in total. The molecule has 0 aromatic carbocycles. The monoisotopic (exact) mass is 188 g/mol. The predicted octanol–water partition coefficient (Wildman–Crippen LogP) is 0.828. The van der Waals surface area contributed by atoms with E-state index >= 15 is 0 Å². The average molecular weight is 188 g/mol. The van der Waals surface area contributed by atoms with Gasteiger partial charge in [-0.3, -0.25) is 0 Å². The lowest BCUT2D eigenvalue weighted by molar-refractivity contribution is -0.303. The van der Waals surface area contributed by atoms with E-state index in [1.165, 1.54) is 0 Å². The van der Waals surface area contributed by atoms with E-state index in [0.717, 1.165) is 21.3 Å². The quantitative estimate of drug-likeness (QED) is 0.347. The first kappa shape index (κ1) is 11.0. The van der Waals surface area contributed by atoms with E-state index in [9.17, 15) is 4.57 Å². The van der Waals surface area contributed by atoms with E-state index in [1.807, 2.05) is 0 Å². The SMILES string of the molecule is COOP(=O)(OOC)OOC. The molecule has 0 aromatic rings. The number of phosphoric acid groups is 1. The molecule has 0 atom stereocenters. The molecule has 0 aliphatic heterocycles. The van der Waals surface area contributed by atoms with Gasteiger partial charge in [-0.25, -0.2) is 19.2 Å². The molecule has 0 aromatic heterocycles. The predicted molar refractivity (Wildman–Crippen MR) is 31.9 cm³/mol. The molecule has 0 radical (unpaired) electrons. The van der Waals surface area contributed by atoms with Gasteiger partial charge < -0.3 is 0 Å². The Morgan fingerprint density at radius 1 is 0.818 bits per heavy atom. The van der Waals surface area contributed by atoms with Crippen LogP contribution in [0.1, 0.15) is 0 Å². The molecule has 68 valence electrons. The van der Waals surface area contributed by atoms with Gasteiger partial charge >= 0.3 is 7.82 Å². The van der Waals surface area contributed by atoms with Gasteiger partial charge in [-0.1, -0.05) is 0 Å². The summed E-state index contributed by atoms with van der Waals surface area (Å²) >= 11 is 0. The molecule has 0 fully saturated rings. The smallest absolute Gasteiger partial charge is 0.230 e. The molecule has 0 saturated heterocycles. The van der Waals surface area contributed by atoms with E-state index in [1.54, 1.807) is 0 Å². The van der Waals surface area contributed by atoms with E-state index < -0.39 is 7.82 Å². The Morgan fingerprint density at radius 3 is 1.27 bits per heavy atom. The molecule has 0 spiro atoms. The van der Waals surface area contributed by atoms with Crippen LogP contribution in [-0.2, 0) is 33.3 Å². The maximum absolute atomic E-state index is 11.0. The molecular weight excluding hydrogens is 179 g/mol. The van der Waals surface area contributed by atoms with Gasteiger partial charge in [-0.15, -0.1) is 14.0 Å². The molecule has 0 amide bonds. The summed E-state index contributed by atoms with van der Waals surface area (Å²) in [4.78, 5) is 12.1. The van der Waals surface area contributed by atoms with E-state index in [-0.39, 0.29) is 0 Å². The van der Waals surface area contributed by atoms with Gasteiger partial charge in [0, 0.05) is 0 Å². The van der Waals surface area contributed by atoms with Crippen molar-refractivity contribution in [3.8, 4) is 0 Å². The summed E-state index contributed by atoms with van der Waals surface area (Å²) in [6.45, 7) is 0. The average Bonchev–Trinajstić information content (AvgIpc) is 1.88. The zero-order valence-electron chi connectivity index (χ0n) is 6.30. The second-order valence-corrected chi connectivity index (χ2v) is 2.51. The van der Waals surface area contributed by atoms with Crippen molar-refractivity contribution in [1.82, 2.24) is 0 Å². The molecule has 0 N–H and O–H groups in total. The highest BCUT2D eigenvalue weighted by Crippen LogP contribution is 2.49. The van der Waals surface area contributed by atoms with E-state index in [4.69, 9.17) is 0 Å². The highest BCUT2D eigenvalue weighted by Gasteiger charge is 2.30. The molecular formula is C3H9O7P. The summed E-state index contributed by atoms with van der Waals surface area (Å²) in [6.07, 6.45) is 0. The number of hydrogen-bond donors (Lipinski definition) is 0. The van der Waals surface area contributed by atoms with Crippen LogP contribution in [0.5, 0.6) is 0 Å². The fourth-order valence-electron chi connectivity index (χ4n) is 0.311. The number of hydrogen-bond acceptors (Lipinski definition) is 7. The minimum absolute atomic E-state index is 1.13. The lowest BCUT2D eigenvalue weighted by atomic mass is 11.8. The second-order valence-electron chi connectivity index (χ2n) is 1.17. The van der Waals surface area contributed by atoms with Gasteiger partial charge in [0.15, 0.2) is 0 Å². The molecule has 0 unspecified atom stereocenters. The summed E-state index contributed by atoms with van der Waals surface area (Å²) in [7, 11) is -0.497. The van der Waals surface area contributed by atoms with Crippen molar-refractivity contribution in [2.24, 2.45) is 0 Å². The summed E-state index contributed by atoms with van der Waals surface area (Å²) in [5, 5.41) is 0. The molecule has 0 bridgehead atoms. The van der Waals surface area contributed by atoms with Crippen LogP contribution in [0.2, 0.25) is 0 Å². The minimum atomic E-state index is -3.89. The maximum atomic E-state index is 11.0. The molecule has 0 rings (SSSR count). The zero-order chi connectivity index (χ0) is 8.74. The van der Waals surface area contributed by atoms with Crippen molar-refractivity contribution in [2.75, 3.05) is 21.3 Å². The van der Waals surface area contributed by atoms with Crippen molar-refractivity contribution in [2.45, 2.75) is 0 Å².